The van der Waals surface area contributed by atoms with Crippen molar-refractivity contribution in [2.45, 2.75) is 13.2 Å². The average Bonchev–Trinajstić information content (AvgIpc) is 3.35. The number of aliphatic hydroxyl groups excluding tert-OH is 1. The fraction of sp³-hybridized carbons (Fsp3) is 0.125. The number of aromatic amines is 1. The normalized spacial score (nSPS) is 12.5. The summed E-state index contributed by atoms with van der Waals surface area (Å²) in [7, 11) is 2.02. The average molecular weight is 449 g/mol. The number of hydroxylamine groups is 1. The maximum absolute atomic E-state index is 9.90. The van der Waals surface area contributed by atoms with E-state index in [1.54, 1.807) is 18.2 Å². The zero-order chi connectivity index (χ0) is 22.4. The lowest BCUT2D eigenvalue weighted by atomic mass is 10.0. The summed E-state index contributed by atoms with van der Waals surface area (Å²) < 4.78 is 7.94. The van der Waals surface area contributed by atoms with Crippen LogP contribution in [0.15, 0.2) is 60.8 Å². The molecule has 0 aliphatic carbocycles. The van der Waals surface area contributed by atoms with E-state index in [9.17, 15) is 5.11 Å². The van der Waals surface area contributed by atoms with Gasteiger partial charge in [-0.25, -0.2) is 0 Å². The second-order valence-electron chi connectivity index (χ2n) is 7.74. The van der Waals surface area contributed by atoms with E-state index >= 15 is 0 Å². The van der Waals surface area contributed by atoms with E-state index in [0.717, 1.165) is 38.6 Å². The second-order valence-corrected chi connectivity index (χ2v) is 8.15. The summed E-state index contributed by atoms with van der Waals surface area (Å²) in [6, 6.07) is 17.6. The number of nitrogens with one attached hydrogen (secondary N) is 2. The van der Waals surface area contributed by atoms with Crippen molar-refractivity contribution in [3.8, 4) is 22.9 Å². The number of fused-ring (bicyclic) bond motifs is 2. The van der Waals surface area contributed by atoms with Crippen molar-refractivity contribution in [2.24, 2.45) is 7.05 Å². The minimum Gasteiger partial charge on any atom is -0.426 e. The van der Waals surface area contributed by atoms with Gasteiger partial charge in [-0.05, 0) is 60.5 Å². The topological polar surface area (TPSA) is 95.3 Å². The highest BCUT2D eigenvalue weighted by atomic mass is 35.5. The number of hydrogen-bond acceptors (Lipinski definition) is 5. The number of ether oxygens (including phenoxy) is 1. The Labute approximate surface area is 188 Å². The summed E-state index contributed by atoms with van der Waals surface area (Å²) in [6.07, 6.45) is 0.820. The van der Waals surface area contributed by atoms with Crippen LogP contribution in [-0.2, 0) is 7.05 Å². The van der Waals surface area contributed by atoms with Gasteiger partial charge in [0.15, 0.2) is 6.23 Å². The Morgan fingerprint density at radius 3 is 2.78 bits per heavy atom. The summed E-state index contributed by atoms with van der Waals surface area (Å²) in [5.74, 6) is 0.472. The van der Waals surface area contributed by atoms with Crippen molar-refractivity contribution in [1.29, 1.82) is 0 Å². The smallest absolute Gasteiger partial charge is 0.300 e. The van der Waals surface area contributed by atoms with Crippen molar-refractivity contribution in [1.82, 2.24) is 20.0 Å². The van der Waals surface area contributed by atoms with E-state index < -0.39 is 6.23 Å². The van der Waals surface area contributed by atoms with E-state index in [-0.39, 0.29) is 0 Å². The number of halogens is 1. The van der Waals surface area contributed by atoms with Crippen LogP contribution < -0.4 is 10.2 Å². The van der Waals surface area contributed by atoms with Gasteiger partial charge < -0.3 is 24.6 Å². The van der Waals surface area contributed by atoms with Gasteiger partial charge in [0, 0.05) is 35.3 Å². The maximum Gasteiger partial charge on any atom is 0.300 e. The Hall–Kier alpha value is -3.36. The van der Waals surface area contributed by atoms with Crippen LogP contribution in [0.2, 0.25) is 5.02 Å². The van der Waals surface area contributed by atoms with E-state index in [1.165, 1.54) is 0 Å². The third-order valence-corrected chi connectivity index (χ3v) is 5.94. The quantitative estimate of drug-likeness (QED) is 0.212. The molecule has 7 nitrogen and oxygen atoms in total. The van der Waals surface area contributed by atoms with Crippen LogP contribution in [0.5, 0.6) is 11.8 Å². The molecule has 4 N–H and O–H groups in total. The fourth-order valence-corrected chi connectivity index (χ4v) is 4.16. The van der Waals surface area contributed by atoms with Gasteiger partial charge in [0.2, 0.25) is 0 Å². The van der Waals surface area contributed by atoms with Gasteiger partial charge in [-0.3, -0.25) is 0 Å². The molecule has 5 aromatic rings. The molecule has 162 valence electrons. The Morgan fingerprint density at radius 2 is 1.97 bits per heavy atom. The third kappa shape index (κ3) is 3.61. The lowest BCUT2D eigenvalue weighted by molar-refractivity contribution is 0.000251. The highest BCUT2D eigenvalue weighted by Gasteiger charge is 2.14. The fourth-order valence-electron chi connectivity index (χ4n) is 3.88. The van der Waals surface area contributed by atoms with E-state index in [2.05, 4.69) is 32.7 Å². The third-order valence-electron chi connectivity index (χ3n) is 5.63. The SMILES string of the molecule is Cc1ccc(Oc2nc3cc(-c4ccc5c(ccn5C)c4)c(Cl)cc3[nH]2)cc1C(O)NO. The van der Waals surface area contributed by atoms with Crippen molar-refractivity contribution < 1.29 is 15.1 Å². The van der Waals surface area contributed by atoms with E-state index in [1.807, 2.05) is 43.8 Å². The van der Waals surface area contributed by atoms with Crippen LogP contribution >= 0.6 is 11.6 Å². The molecule has 0 radical (unpaired) electrons. The first-order valence-corrected chi connectivity index (χ1v) is 10.4. The molecule has 2 aromatic heterocycles. The monoisotopic (exact) mass is 448 g/mol. The molecule has 0 bridgehead atoms. The van der Waals surface area contributed by atoms with Gasteiger partial charge in [0.25, 0.3) is 6.01 Å². The minimum absolute atomic E-state index is 0.299. The zero-order valence-electron chi connectivity index (χ0n) is 17.4. The number of aliphatic hydroxyl groups is 1. The number of H-pyrrole nitrogens is 1. The first kappa shape index (κ1) is 20.5. The molecule has 1 unspecified atom stereocenters. The van der Waals surface area contributed by atoms with Gasteiger partial charge in [-0.15, -0.1) is 0 Å². The molecule has 5 rings (SSSR count). The minimum atomic E-state index is -1.21. The highest BCUT2D eigenvalue weighted by Crippen LogP contribution is 2.35. The molecule has 0 fully saturated rings. The number of nitrogens with zero attached hydrogens (tertiary/aromatic N) is 2. The zero-order valence-corrected chi connectivity index (χ0v) is 18.2. The Kier molecular flexibility index (Phi) is 5.11. The van der Waals surface area contributed by atoms with Crippen LogP contribution in [0, 0.1) is 6.92 Å². The number of aryl methyl sites for hydroxylation is 2. The van der Waals surface area contributed by atoms with Crippen molar-refractivity contribution >= 4 is 33.5 Å². The molecule has 0 spiro atoms. The summed E-state index contributed by atoms with van der Waals surface area (Å²) in [4.78, 5) is 7.68. The van der Waals surface area contributed by atoms with Crippen molar-refractivity contribution in [2.75, 3.05) is 0 Å². The number of hydrogen-bond donors (Lipinski definition) is 4. The molecule has 3 aromatic carbocycles. The second kappa shape index (κ2) is 7.96. The van der Waals surface area contributed by atoms with Gasteiger partial charge in [-0.1, -0.05) is 23.7 Å². The molecule has 32 heavy (non-hydrogen) atoms. The van der Waals surface area contributed by atoms with Crippen molar-refractivity contribution in [3.63, 3.8) is 0 Å². The summed E-state index contributed by atoms with van der Waals surface area (Å²) >= 11 is 6.60. The lowest BCUT2D eigenvalue weighted by Crippen LogP contribution is -2.17. The highest BCUT2D eigenvalue weighted by molar-refractivity contribution is 6.34. The number of rotatable bonds is 5. The number of aromatic nitrogens is 3. The molecule has 2 heterocycles. The molecular formula is C24H21ClN4O3. The van der Waals surface area contributed by atoms with Crippen molar-refractivity contribution in [3.05, 3.63) is 76.9 Å². The predicted octanol–water partition coefficient (Wildman–Crippen LogP) is 5.45. The first-order valence-electron chi connectivity index (χ1n) is 10.0. The molecule has 0 saturated carbocycles. The van der Waals surface area contributed by atoms with Crippen LogP contribution in [0.3, 0.4) is 0 Å². The summed E-state index contributed by atoms with van der Waals surface area (Å²) in [5, 5.41) is 20.7. The van der Waals surface area contributed by atoms with Gasteiger partial charge in [0.05, 0.1) is 16.1 Å². The lowest BCUT2D eigenvalue weighted by Gasteiger charge is -2.13. The molecule has 0 aliphatic rings. The Bertz CT molecular complexity index is 1460. The molecule has 8 heteroatoms. The molecular weight excluding hydrogens is 428 g/mol. The number of imidazole rings is 1. The number of benzene rings is 3. The van der Waals surface area contributed by atoms with Gasteiger partial charge >= 0.3 is 0 Å². The molecule has 1 atom stereocenters. The largest absolute Gasteiger partial charge is 0.426 e. The van der Waals surface area contributed by atoms with Gasteiger partial charge in [0.1, 0.15) is 5.75 Å². The predicted molar refractivity (Wildman–Crippen MR) is 124 cm³/mol. The molecule has 0 aliphatic heterocycles. The summed E-state index contributed by atoms with van der Waals surface area (Å²) in [5.41, 5.74) is 7.66. The van der Waals surface area contributed by atoms with Crippen LogP contribution in [0.25, 0.3) is 33.1 Å². The van der Waals surface area contributed by atoms with Crippen LogP contribution in [0.4, 0.5) is 0 Å². The van der Waals surface area contributed by atoms with E-state index in [4.69, 9.17) is 21.5 Å². The standard InChI is InChI=1S/C24H21ClN4O3/c1-13-3-5-16(10-17(13)23(30)28-31)32-24-26-20-11-18(19(25)12-21(20)27-24)14-4-6-22-15(9-14)7-8-29(22)2/h3-12,23,28,30-31H,1-2H3,(H,26,27). The van der Waals surface area contributed by atoms with Crippen LogP contribution in [0.1, 0.15) is 17.4 Å². The van der Waals surface area contributed by atoms with E-state index in [0.29, 0.717) is 22.3 Å². The van der Waals surface area contributed by atoms with Gasteiger partial charge in [-0.2, -0.15) is 10.5 Å². The molecule has 0 saturated heterocycles. The Balaban J connectivity index is 1.49. The first-order chi connectivity index (χ1) is 15.4. The van der Waals surface area contributed by atoms with Crippen LogP contribution in [-0.4, -0.2) is 24.8 Å². The summed E-state index contributed by atoms with van der Waals surface area (Å²) in [6.45, 7) is 1.83. The Morgan fingerprint density at radius 1 is 1.12 bits per heavy atom. The maximum atomic E-state index is 9.90. The molecule has 0 amide bonds.